The Bertz CT molecular complexity index is 855. The van der Waals surface area contributed by atoms with E-state index >= 15 is 0 Å². The maximum atomic E-state index is 4.95. The fraction of sp³-hybridized carbons (Fsp3) is 0.105. The fourth-order valence-corrected chi connectivity index (χ4v) is 4.20. The molecule has 0 amide bonds. The van der Waals surface area contributed by atoms with Crippen molar-refractivity contribution in [1.82, 2.24) is 0 Å². The SMILES string of the molecule is Brc1ccc(C2=NN(c3ccc(Br)cc3)C(c3cccs3)C2)cc1. The van der Waals surface area contributed by atoms with E-state index in [-0.39, 0.29) is 6.04 Å². The number of rotatable bonds is 3. The van der Waals surface area contributed by atoms with E-state index in [4.69, 9.17) is 5.10 Å². The van der Waals surface area contributed by atoms with Crippen molar-refractivity contribution in [3.8, 4) is 0 Å². The molecule has 0 bridgehead atoms. The molecule has 0 saturated carbocycles. The summed E-state index contributed by atoms with van der Waals surface area (Å²) in [7, 11) is 0. The molecule has 120 valence electrons. The second-order valence-electron chi connectivity index (χ2n) is 5.61. The number of benzene rings is 2. The Labute approximate surface area is 162 Å². The molecule has 2 heterocycles. The maximum absolute atomic E-state index is 4.95. The molecule has 1 aromatic heterocycles. The van der Waals surface area contributed by atoms with Crippen LogP contribution in [-0.4, -0.2) is 5.71 Å². The Morgan fingerprint density at radius 1 is 0.917 bits per heavy atom. The van der Waals surface area contributed by atoms with Crippen molar-refractivity contribution in [2.24, 2.45) is 5.10 Å². The van der Waals surface area contributed by atoms with Crippen molar-refractivity contribution in [3.63, 3.8) is 0 Å². The minimum atomic E-state index is 0.254. The average Bonchev–Trinajstić information content (AvgIpc) is 3.25. The lowest BCUT2D eigenvalue weighted by Crippen LogP contribution is -2.17. The Balaban J connectivity index is 1.73. The number of nitrogens with zero attached hydrogens (tertiary/aromatic N) is 2. The van der Waals surface area contributed by atoms with Crippen LogP contribution in [0.3, 0.4) is 0 Å². The van der Waals surface area contributed by atoms with Gasteiger partial charge in [0.25, 0.3) is 0 Å². The van der Waals surface area contributed by atoms with Gasteiger partial charge in [0.1, 0.15) is 0 Å². The van der Waals surface area contributed by atoms with Crippen molar-refractivity contribution in [3.05, 3.63) is 85.4 Å². The van der Waals surface area contributed by atoms with Crippen LogP contribution in [0.15, 0.2) is 80.1 Å². The number of anilines is 1. The first kappa shape index (κ1) is 16.1. The Morgan fingerprint density at radius 2 is 1.58 bits per heavy atom. The van der Waals surface area contributed by atoms with Gasteiger partial charge >= 0.3 is 0 Å². The topological polar surface area (TPSA) is 15.6 Å². The molecule has 1 atom stereocenters. The van der Waals surface area contributed by atoms with Crippen LogP contribution in [-0.2, 0) is 0 Å². The molecule has 2 nitrogen and oxygen atoms in total. The van der Waals surface area contributed by atoms with Gasteiger partial charge in [0, 0.05) is 20.2 Å². The van der Waals surface area contributed by atoms with Crippen LogP contribution < -0.4 is 5.01 Å². The van der Waals surface area contributed by atoms with Crippen LogP contribution in [0, 0.1) is 0 Å². The molecule has 0 fully saturated rings. The molecule has 3 aromatic rings. The van der Waals surface area contributed by atoms with Crippen molar-refractivity contribution >= 4 is 54.6 Å². The molecule has 1 aliphatic rings. The third-order valence-electron chi connectivity index (χ3n) is 4.05. The van der Waals surface area contributed by atoms with E-state index in [9.17, 15) is 0 Å². The summed E-state index contributed by atoms with van der Waals surface area (Å²) in [6.07, 6.45) is 0.915. The molecule has 1 unspecified atom stereocenters. The Hall–Kier alpha value is -1.43. The van der Waals surface area contributed by atoms with Crippen molar-refractivity contribution in [2.45, 2.75) is 12.5 Å². The summed E-state index contributed by atoms with van der Waals surface area (Å²) in [5, 5.41) is 9.23. The second kappa shape index (κ2) is 6.82. The second-order valence-corrected chi connectivity index (χ2v) is 8.42. The quantitative estimate of drug-likeness (QED) is 0.427. The highest BCUT2D eigenvalue weighted by Gasteiger charge is 2.30. The van der Waals surface area contributed by atoms with Gasteiger partial charge in [-0.25, -0.2) is 0 Å². The molecule has 5 heteroatoms. The van der Waals surface area contributed by atoms with Crippen molar-refractivity contribution < 1.29 is 0 Å². The first-order chi connectivity index (χ1) is 11.7. The number of halogens is 2. The summed E-state index contributed by atoms with van der Waals surface area (Å²) in [6.45, 7) is 0. The summed E-state index contributed by atoms with van der Waals surface area (Å²) >= 11 is 8.80. The van der Waals surface area contributed by atoms with Gasteiger partial charge in [0.2, 0.25) is 0 Å². The van der Waals surface area contributed by atoms with Crippen molar-refractivity contribution in [1.29, 1.82) is 0 Å². The van der Waals surface area contributed by atoms with Gasteiger partial charge in [-0.1, -0.05) is 50.1 Å². The van der Waals surface area contributed by atoms with Gasteiger partial charge in [-0.05, 0) is 53.4 Å². The Kier molecular flexibility index (Phi) is 4.57. The molecule has 24 heavy (non-hydrogen) atoms. The summed E-state index contributed by atoms with van der Waals surface area (Å²) in [4.78, 5) is 1.34. The lowest BCUT2D eigenvalue weighted by Gasteiger charge is -2.22. The molecular formula is C19H14Br2N2S. The normalized spacial score (nSPS) is 17.2. The third kappa shape index (κ3) is 3.21. The summed E-state index contributed by atoms with van der Waals surface area (Å²) in [5.74, 6) is 0. The van der Waals surface area contributed by atoms with E-state index in [0.29, 0.717) is 0 Å². The molecule has 1 aliphatic heterocycles. The highest BCUT2D eigenvalue weighted by Crippen LogP contribution is 2.38. The minimum absolute atomic E-state index is 0.254. The van der Waals surface area contributed by atoms with Gasteiger partial charge in [0.05, 0.1) is 17.4 Å². The molecule has 0 radical (unpaired) electrons. The minimum Gasteiger partial charge on any atom is -0.257 e. The van der Waals surface area contributed by atoms with Crippen molar-refractivity contribution in [2.75, 3.05) is 5.01 Å². The van der Waals surface area contributed by atoms with Gasteiger partial charge < -0.3 is 0 Å². The fourth-order valence-electron chi connectivity index (χ4n) is 2.86. The monoisotopic (exact) mass is 460 g/mol. The molecule has 4 rings (SSSR count). The zero-order valence-electron chi connectivity index (χ0n) is 12.7. The van der Waals surface area contributed by atoms with Crippen LogP contribution in [0.25, 0.3) is 0 Å². The molecule has 0 saturated heterocycles. The molecular weight excluding hydrogens is 448 g/mol. The van der Waals surface area contributed by atoms with E-state index in [0.717, 1.165) is 26.8 Å². The van der Waals surface area contributed by atoms with E-state index in [1.54, 1.807) is 11.3 Å². The summed E-state index contributed by atoms with van der Waals surface area (Å²) in [5.41, 5.74) is 3.42. The third-order valence-corrected chi connectivity index (χ3v) is 6.08. The zero-order chi connectivity index (χ0) is 16.5. The Morgan fingerprint density at radius 3 is 2.21 bits per heavy atom. The van der Waals surface area contributed by atoms with Crippen LogP contribution in [0.5, 0.6) is 0 Å². The average molecular weight is 462 g/mol. The predicted molar refractivity (Wildman–Crippen MR) is 109 cm³/mol. The highest BCUT2D eigenvalue weighted by molar-refractivity contribution is 9.10. The first-order valence-electron chi connectivity index (χ1n) is 7.62. The number of hydrazone groups is 1. The highest BCUT2D eigenvalue weighted by atomic mass is 79.9. The van der Waals surface area contributed by atoms with Gasteiger partial charge in [0.15, 0.2) is 0 Å². The predicted octanol–water partition coefficient (Wildman–Crippen LogP) is 6.63. The standard InChI is InChI=1S/C19H14Br2N2S/c20-14-5-3-13(4-6-14)17-12-18(19-2-1-11-24-19)23(22-17)16-9-7-15(21)8-10-16/h1-11,18H,12H2. The van der Waals surface area contributed by atoms with Crippen LogP contribution in [0.2, 0.25) is 0 Å². The number of hydrogen-bond acceptors (Lipinski definition) is 3. The number of thiophene rings is 1. The van der Waals surface area contributed by atoms with E-state index < -0.39 is 0 Å². The van der Waals surface area contributed by atoms with E-state index in [1.165, 1.54) is 10.4 Å². The maximum Gasteiger partial charge on any atom is 0.0923 e. The lowest BCUT2D eigenvalue weighted by molar-refractivity contribution is 0.722. The van der Waals surface area contributed by atoms with Crippen LogP contribution in [0.1, 0.15) is 22.9 Å². The summed E-state index contributed by atoms with van der Waals surface area (Å²) in [6, 6.07) is 21.3. The first-order valence-corrected chi connectivity index (χ1v) is 10.1. The molecule has 0 spiro atoms. The molecule has 2 aromatic carbocycles. The molecule has 0 aliphatic carbocycles. The number of hydrogen-bond donors (Lipinski definition) is 0. The summed E-state index contributed by atoms with van der Waals surface area (Å²) < 4.78 is 2.17. The van der Waals surface area contributed by atoms with E-state index in [1.807, 2.05) is 0 Å². The van der Waals surface area contributed by atoms with Gasteiger partial charge in [-0.15, -0.1) is 11.3 Å². The zero-order valence-corrected chi connectivity index (χ0v) is 16.7. The van der Waals surface area contributed by atoms with Crippen LogP contribution in [0.4, 0.5) is 5.69 Å². The van der Waals surface area contributed by atoms with Crippen LogP contribution >= 0.6 is 43.2 Å². The largest absolute Gasteiger partial charge is 0.257 e. The van der Waals surface area contributed by atoms with Gasteiger partial charge in [-0.3, -0.25) is 5.01 Å². The molecule has 0 N–H and O–H groups in total. The van der Waals surface area contributed by atoms with E-state index in [2.05, 4.69) is 103 Å². The van der Waals surface area contributed by atoms with Gasteiger partial charge in [-0.2, -0.15) is 5.10 Å². The lowest BCUT2D eigenvalue weighted by atomic mass is 10.0. The smallest absolute Gasteiger partial charge is 0.0923 e.